The molecule has 32 heavy (non-hydrogen) atoms. The van der Waals surface area contributed by atoms with Crippen LogP contribution in [-0.4, -0.2) is 45.9 Å². The van der Waals surface area contributed by atoms with Crippen LogP contribution >= 0.6 is 0 Å². The fourth-order valence-corrected chi connectivity index (χ4v) is 3.49. The van der Waals surface area contributed by atoms with Gasteiger partial charge in [0.2, 0.25) is 5.91 Å². The number of aryl methyl sites for hydroxylation is 1. The number of fused-ring (bicyclic) bond motifs is 1. The van der Waals surface area contributed by atoms with E-state index in [1.807, 2.05) is 0 Å². The molecule has 1 heterocycles. The Labute approximate surface area is 181 Å². The maximum Gasteiger partial charge on any atom is 0.490 e. The molecule has 2 unspecified atom stereocenters. The van der Waals surface area contributed by atoms with Crippen LogP contribution in [0.2, 0.25) is 0 Å². The number of hydrogen-bond acceptors (Lipinski definition) is 5. The standard InChI is InChI=1S/C22H19F3N2O5/c1-12-8-10-15(11-9-12)18(32-21(31)22(23,24)25)13(2)26(14(3)28)27-19(29)16-6-4-5-7-17(16)20(27)30/h4-11,13,18H,1-3H3. The van der Waals surface area contributed by atoms with Crippen molar-refractivity contribution in [3.05, 3.63) is 70.8 Å². The molecule has 168 valence electrons. The summed E-state index contributed by atoms with van der Waals surface area (Å²) in [6.07, 6.45) is -6.89. The van der Waals surface area contributed by atoms with Crippen molar-refractivity contribution in [2.24, 2.45) is 0 Å². The van der Waals surface area contributed by atoms with Gasteiger partial charge in [-0.15, -0.1) is 0 Å². The van der Waals surface area contributed by atoms with E-state index in [4.69, 9.17) is 4.74 Å². The number of nitrogens with zero attached hydrogens (tertiary/aromatic N) is 2. The van der Waals surface area contributed by atoms with Crippen LogP contribution in [0.25, 0.3) is 0 Å². The molecule has 1 aliphatic rings. The molecule has 0 spiro atoms. The first-order valence-electron chi connectivity index (χ1n) is 9.55. The van der Waals surface area contributed by atoms with Crippen LogP contribution in [0.15, 0.2) is 48.5 Å². The third kappa shape index (κ3) is 4.20. The highest BCUT2D eigenvalue weighted by atomic mass is 19.4. The summed E-state index contributed by atoms with van der Waals surface area (Å²) in [5.74, 6) is -4.87. The second-order valence-electron chi connectivity index (χ2n) is 7.31. The van der Waals surface area contributed by atoms with Gasteiger partial charge < -0.3 is 4.74 Å². The van der Waals surface area contributed by atoms with Crippen LogP contribution in [0.5, 0.6) is 0 Å². The molecule has 0 aliphatic carbocycles. The van der Waals surface area contributed by atoms with Gasteiger partial charge in [-0.25, -0.2) is 9.80 Å². The first-order valence-corrected chi connectivity index (χ1v) is 9.55. The van der Waals surface area contributed by atoms with Crippen LogP contribution in [-0.2, 0) is 14.3 Å². The first kappa shape index (κ1) is 23.0. The summed E-state index contributed by atoms with van der Waals surface area (Å²) in [5.41, 5.74) is 1.06. The number of ether oxygens (including phenoxy) is 1. The lowest BCUT2D eigenvalue weighted by atomic mass is 10.0. The van der Waals surface area contributed by atoms with E-state index in [1.54, 1.807) is 19.1 Å². The first-order chi connectivity index (χ1) is 14.9. The maximum atomic E-state index is 12.9. The highest BCUT2D eigenvalue weighted by molar-refractivity contribution is 6.21. The third-order valence-corrected chi connectivity index (χ3v) is 5.01. The normalized spacial score (nSPS) is 15.2. The summed E-state index contributed by atoms with van der Waals surface area (Å²) in [7, 11) is 0. The monoisotopic (exact) mass is 448 g/mol. The molecule has 3 rings (SSSR count). The Bertz CT molecular complexity index is 1050. The molecule has 10 heteroatoms. The Morgan fingerprint density at radius 1 is 0.969 bits per heavy atom. The number of imide groups is 1. The van der Waals surface area contributed by atoms with E-state index >= 15 is 0 Å². The lowest BCUT2D eigenvalue weighted by Crippen LogP contribution is -2.55. The molecule has 3 amide bonds. The molecular formula is C22H19F3N2O5. The van der Waals surface area contributed by atoms with Gasteiger partial charge in [-0.1, -0.05) is 42.0 Å². The molecule has 2 atom stereocenters. The Morgan fingerprint density at radius 3 is 1.91 bits per heavy atom. The minimum absolute atomic E-state index is 0.0510. The van der Waals surface area contributed by atoms with Gasteiger partial charge in [0, 0.05) is 6.92 Å². The Morgan fingerprint density at radius 2 is 1.47 bits per heavy atom. The SMILES string of the molecule is CC(=O)N(C(C)C(OC(=O)C(F)(F)F)c1ccc(C)cc1)N1C(=O)c2ccccc2C1=O. The number of hydrazine groups is 1. The smallest absolute Gasteiger partial charge is 0.449 e. The number of esters is 1. The molecule has 0 saturated heterocycles. The van der Waals surface area contributed by atoms with Gasteiger partial charge in [-0.05, 0) is 31.5 Å². The molecular weight excluding hydrogens is 429 g/mol. The van der Waals surface area contributed by atoms with E-state index in [0.717, 1.165) is 17.5 Å². The zero-order chi connectivity index (χ0) is 23.8. The Kier molecular flexibility index (Phi) is 6.07. The largest absolute Gasteiger partial charge is 0.490 e. The second-order valence-corrected chi connectivity index (χ2v) is 7.31. The summed E-state index contributed by atoms with van der Waals surface area (Å²) in [4.78, 5) is 49.9. The van der Waals surface area contributed by atoms with Gasteiger partial charge in [-0.2, -0.15) is 18.2 Å². The Balaban J connectivity index is 2.04. The number of alkyl halides is 3. The number of rotatable bonds is 5. The second kappa shape index (κ2) is 8.45. The molecule has 0 N–H and O–H groups in total. The average Bonchev–Trinajstić information content (AvgIpc) is 2.97. The lowest BCUT2D eigenvalue weighted by molar-refractivity contribution is -0.209. The minimum Gasteiger partial charge on any atom is -0.449 e. The van der Waals surface area contributed by atoms with Crippen molar-refractivity contribution >= 4 is 23.7 Å². The quantitative estimate of drug-likeness (QED) is 0.516. The van der Waals surface area contributed by atoms with Gasteiger partial charge >= 0.3 is 12.1 Å². The minimum atomic E-state index is -5.28. The van der Waals surface area contributed by atoms with Gasteiger partial charge in [0.15, 0.2) is 0 Å². The number of amides is 3. The van der Waals surface area contributed by atoms with Crippen molar-refractivity contribution < 1.29 is 37.1 Å². The fourth-order valence-electron chi connectivity index (χ4n) is 3.49. The van der Waals surface area contributed by atoms with Crippen molar-refractivity contribution in [2.75, 3.05) is 0 Å². The van der Waals surface area contributed by atoms with Crippen LogP contribution in [0.4, 0.5) is 13.2 Å². The number of carbonyl (C=O) groups is 4. The predicted octanol–water partition coefficient (Wildman–Crippen LogP) is 3.59. The summed E-state index contributed by atoms with van der Waals surface area (Å²) >= 11 is 0. The Hall–Kier alpha value is -3.69. The van der Waals surface area contributed by atoms with Gasteiger partial charge in [0.25, 0.3) is 11.8 Å². The van der Waals surface area contributed by atoms with Crippen molar-refractivity contribution in [1.29, 1.82) is 0 Å². The third-order valence-electron chi connectivity index (χ3n) is 5.01. The molecule has 1 aliphatic heterocycles. The number of halogens is 3. The number of benzene rings is 2. The molecule has 0 radical (unpaired) electrons. The number of hydrogen-bond donors (Lipinski definition) is 0. The van der Waals surface area contributed by atoms with E-state index in [2.05, 4.69) is 0 Å². The highest BCUT2D eigenvalue weighted by Gasteiger charge is 2.47. The summed E-state index contributed by atoms with van der Waals surface area (Å²) < 4.78 is 43.6. The summed E-state index contributed by atoms with van der Waals surface area (Å²) in [6, 6.07) is 10.6. The van der Waals surface area contributed by atoms with E-state index in [0.29, 0.717) is 5.01 Å². The van der Waals surface area contributed by atoms with Gasteiger partial charge in [-0.3, -0.25) is 14.4 Å². The van der Waals surface area contributed by atoms with Crippen LogP contribution in [0.1, 0.15) is 51.8 Å². The van der Waals surface area contributed by atoms with Crippen LogP contribution in [0.3, 0.4) is 0 Å². The molecule has 0 aromatic heterocycles. The average molecular weight is 448 g/mol. The van der Waals surface area contributed by atoms with Crippen molar-refractivity contribution in [3.8, 4) is 0 Å². The van der Waals surface area contributed by atoms with Gasteiger partial charge in [0.05, 0.1) is 17.2 Å². The lowest BCUT2D eigenvalue weighted by Gasteiger charge is -2.38. The van der Waals surface area contributed by atoms with Crippen molar-refractivity contribution in [1.82, 2.24) is 10.0 Å². The van der Waals surface area contributed by atoms with Gasteiger partial charge in [0.1, 0.15) is 6.10 Å². The van der Waals surface area contributed by atoms with Crippen molar-refractivity contribution in [3.63, 3.8) is 0 Å². The van der Waals surface area contributed by atoms with E-state index in [-0.39, 0.29) is 16.7 Å². The molecule has 0 fully saturated rings. The van der Waals surface area contributed by atoms with E-state index in [1.165, 1.54) is 43.3 Å². The van der Waals surface area contributed by atoms with Crippen LogP contribution in [0, 0.1) is 6.92 Å². The zero-order valence-corrected chi connectivity index (χ0v) is 17.3. The zero-order valence-electron chi connectivity index (χ0n) is 17.3. The molecule has 2 aromatic carbocycles. The van der Waals surface area contributed by atoms with E-state index in [9.17, 15) is 32.3 Å². The topological polar surface area (TPSA) is 84.0 Å². The predicted molar refractivity (Wildman–Crippen MR) is 105 cm³/mol. The van der Waals surface area contributed by atoms with E-state index < -0.39 is 42.0 Å². The summed E-state index contributed by atoms with van der Waals surface area (Å²) in [6.45, 7) is 4.10. The highest BCUT2D eigenvalue weighted by Crippen LogP contribution is 2.33. The number of carbonyl (C=O) groups excluding carboxylic acids is 4. The molecule has 0 saturated carbocycles. The molecule has 0 bridgehead atoms. The summed E-state index contributed by atoms with van der Waals surface area (Å²) in [5, 5.41) is 1.29. The molecule has 2 aromatic rings. The molecule has 7 nitrogen and oxygen atoms in total. The van der Waals surface area contributed by atoms with Crippen LogP contribution < -0.4 is 0 Å². The maximum absolute atomic E-state index is 12.9. The fraction of sp³-hybridized carbons (Fsp3) is 0.273. The van der Waals surface area contributed by atoms with Crippen molar-refractivity contribution in [2.45, 2.75) is 39.1 Å².